The number of rotatable bonds is 13. The standard InChI is InChI=1S/C32H37FN4O4S2/c1-32(2,3)41-31(39)27(13-16-42-5)36-29(38)26-18-22(8-11-25(26)21-6-9-23(33)10-7-21)28(30-35-14-17-43-30)40-15-12-24-19-34-20-37(24)4/h6-11,14,17-20,27-28H,12-13,15-16H2,1-5H3,(H,36,38)/t27-,28?/m0/s1. The molecule has 0 saturated carbocycles. The minimum Gasteiger partial charge on any atom is -0.458 e. The third kappa shape index (κ3) is 8.98. The summed E-state index contributed by atoms with van der Waals surface area (Å²) in [6.07, 6.45) is 7.74. The van der Waals surface area contributed by atoms with Gasteiger partial charge in [-0.25, -0.2) is 19.2 Å². The third-order valence-electron chi connectivity index (χ3n) is 6.59. The van der Waals surface area contributed by atoms with Crippen molar-refractivity contribution in [3.8, 4) is 11.1 Å². The molecule has 0 aliphatic heterocycles. The Morgan fingerprint density at radius 2 is 1.93 bits per heavy atom. The average molecular weight is 625 g/mol. The van der Waals surface area contributed by atoms with E-state index < -0.39 is 29.6 Å². The summed E-state index contributed by atoms with van der Waals surface area (Å²) in [5, 5.41) is 5.54. The van der Waals surface area contributed by atoms with Gasteiger partial charge in [0, 0.05) is 42.5 Å². The van der Waals surface area contributed by atoms with Crippen LogP contribution < -0.4 is 5.32 Å². The molecule has 43 heavy (non-hydrogen) atoms. The number of thiazole rings is 1. The molecule has 0 spiro atoms. The lowest BCUT2D eigenvalue weighted by Crippen LogP contribution is -2.44. The van der Waals surface area contributed by atoms with Gasteiger partial charge in [-0.05, 0) is 74.1 Å². The number of carbonyl (C=O) groups is 2. The summed E-state index contributed by atoms with van der Waals surface area (Å²) in [5.74, 6) is -0.649. The fraction of sp³-hybridized carbons (Fsp3) is 0.375. The summed E-state index contributed by atoms with van der Waals surface area (Å²) in [5.41, 5.74) is 2.66. The van der Waals surface area contributed by atoms with E-state index in [1.807, 2.05) is 35.4 Å². The van der Waals surface area contributed by atoms with Gasteiger partial charge in [-0.2, -0.15) is 11.8 Å². The topological polar surface area (TPSA) is 95.3 Å². The number of ether oxygens (including phenoxy) is 2. The van der Waals surface area contributed by atoms with E-state index in [4.69, 9.17) is 9.47 Å². The largest absolute Gasteiger partial charge is 0.458 e. The van der Waals surface area contributed by atoms with Crippen LogP contribution in [0.25, 0.3) is 11.1 Å². The highest BCUT2D eigenvalue weighted by molar-refractivity contribution is 7.98. The number of esters is 1. The second-order valence-electron chi connectivity index (χ2n) is 11.0. The highest BCUT2D eigenvalue weighted by Crippen LogP contribution is 2.33. The zero-order valence-corrected chi connectivity index (χ0v) is 26.6. The van der Waals surface area contributed by atoms with Crippen LogP contribution in [0.5, 0.6) is 0 Å². The summed E-state index contributed by atoms with van der Waals surface area (Å²) < 4.78 is 27.7. The average Bonchev–Trinajstić information content (AvgIpc) is 3.64. The number of benzene rings is 2. The first-order chi connectivity index (χ1) is 20.6. The third-order valence-corrected chi connectivity index (χ3v) is 8.05. The van der Waals surface area contributed by atoms with Crippen LogP contribution in [-0.2, 0) is 27.7 Å². The van der Waals surface area contributed by atoms with Gasteiger partial charge in [-0.3, -0.25) is 4.79 Å². The first-order valence-electron chi connectivity index (χ1n) is 13.9. The molecule has 4 aromatic rings. The number of amides is 1. The number of carbonyl (C=O) groups excluding carboxylic acids is 2. The summed E-state index contributed by atoms with van der Waals surface area (Å²) in [4.78, 5) is 35.7. The van der Waals surface area contributed by atoms with Crippen LogP contribution in [0.1, 0.15) is 59.9 Å². The van der Waals surface area contributed by atoms with Crippen molar-refractivity contribution in [1.82, 2.24) is 19.9 Å². The number of halogens is 1. The number of nitrogens with one attached hydrogen (secondary N) is 1. The van der Waals surface area contributed by atoms with Crippen LogP contribution in [0, 0.1) is 5.82 Å². The Bertz CT molecular complexity index is 1500. The van der Waals surface area contributed by atoms with E-state index in [0.717, 1.165) is 16.3 Å². The zero-order valence-electron chi connectivity index (χ0n) is 25.0. The minimum atomic E-state index is -0.839. The second-order valence-corrected chi connectivity index (χ2v) is 12.9. The summed E-state index contributed by atoms with van der Waals surface area (Å²) in [6, 6.07) is 10.6. The predicted molar refractivity (Wildman–Crippen MR) is 169 cm³/mol. The molecule has 0 aliphatic rings. The predicted octanol–water partition coefficient (Wildman–Crippen LogP) is 6.22. The first-order valence-corrected chi connectivity index (χ1v) is 16.2. The fourth-order valence-electron chi connectivity index (χ4n) is 4.47. The first kappa shape index (κ1) is 32.4. The van der Waals surface area contributed by atoms with Crippen molar-refractivity contribution in [3.63, 3.8) is 0 Å². The fourth-order valence-corrected chi connectivity index (χ4v) is 5.65. The molecule has 0 aliphatic carbocycles. The normalized spacial score (nSPS) is 13.0. The maximum Gasteiger partial charge on any atom is 0.329 e. The minimum absolute atomic E-state index is 0.332. The van der Waals surface area contributed by atoms with Crippen LogP contribution in [-0.4, -0.2) is 56.7 Å². The van der Waals surface area contributed by atoms with E-state index in [-0.39, 0.29) is 5.82 Å². The molecule has 2 aromatic carbocycles. The van der Waals surface area contributed by atoms with Crippen LogP contribution in [0.4, 0.5) is 4.39 Å². The highest BCUT2D eigenvalue weighted by atomic mass is 32.2. The maximum absolute atomic E-state index is 14.0. The molecular formula is C32H37FN4O4S2. The van der Waals surface area contributed by atoms with Crippen LogP contribution in [0.3, 0.4) is 0 Å². The molecule has 4 rings (SSSR count). The number of hydrogen-bond donors (Lipinski definition) is 1. The molecule has 11 heteroatoms. The van der Waals surface area contributed by atoms with Crippen molar-refractivity contribution in [3.05, 3.63) is 94.2 Å². The van der Waals surface area contributed by atoms with Gasteiger partial charge in [0.25, 0.3) is 5.91 Å². The summed E-state index contributed by atoms with van der Waals surface area (Å²) >= 11 is 3.04. The number of hydrogen-bond acceptors (Lipinski definition) is 8. The molecule has 2 heterocycles. The molecule has 228 valence electrons. The summed E-state index contributed by atoms with van der Waals surface area (Å²) in [7, 11) is 1.93. The van der Waals surface area contributed by atoms with E-state index >= 15 is 0 Å². The molecule has 1 unspecified atom stereocenters. The Labute approximate surface area is 260 Å². The Morgan fingerprint density at radius 3 is 2.56 bits per heavy atom. The lowest BCUT2D eigenvalue weighted by Gasteiger charge is -2.25. The van der Waals surface area contributed by atoms with Gasteiger partial charge in [0.2, 0.25) is 0 Å². The molecule has 0 radical (unpaired) electrons. The van der Waals surface area contributed by atoms with Crippen LogP contribution in [0.2, 0.25) is 0 Å². The molecule has 1 N–H and O–H groups in total. The van der Waals surface area contributed by atoms with E-state index in [0.29, 0.717) is 41.9 Å². The van der Waals surface area contributed by atoms with Crippen molar-refractivity contribution >= 4 is 35.0 Å². The molecule has 2 aromatic heterocycles. The lowest BCUT2D eigenvalue weighted by molar-refractivity contribution is -0.157. The highest BCUT2D eigenvalue weighted by Gasteiger charge is 2.28. The number of imidazole rings is 1. The van der Waals surface area contributed by atoms with Gasteiger partial charge in [-0.1, -0.05) is 24.3 Å². The number of thioether (sulfide) groups is 1. The zero-order chi connectivity index (χ0) is 31.0. The van der Waals surface area contributed by atoms with E-state index in [1.165, 1.54) is 23.5 Å². The Hall–Kier alpha value is -3.54. The van der Waals surface area contributed by atoms with Gasteiger partial charge in [0.05, 0.1) is 12.9 Å². The SMILES string of the molecule is CSCC[C@H](NC(=O)c1cc(C(OCCc2cncn2C)c2nccs2)ccc1-c1ccc(F)cc1)C(=O)OC(C)(C)C. The summed E-state index contributed by atoms with van der Waals surface area (Å²) in [6.45, 7) is 5.78. The van der Waals surface area contributed by atoms with Gasteiger partial charge < -0.3 is 19.4 Å². The Balaban J connectivity index is 1.69. The molecule has 0 fully saturated rings. The van der Waals surface area contributed by atoms with Crippen LogP contribution >= 0.6 is 23.1 Å². The van der Waals surface area contributed by atoms with Crippen molar-refractivity contribution in [2.75, 3.05) is 18.6 Å². The number of aromatic nitrogens is 3. The molecule has 0 bridgehead atoms. The van der Waals surface area contributed by atoms with Gasteiger partial charge in [0.1, 0.15) is 28.6 Å². The molecule has 1 amide bonds. The van der Waals surface area contributed by atoms with Crippen LogP contribution in [0.15, 0.2) is 66.6 Å². The van der Waals surface area contributed by atoms with Crippen molar-refractivity contribution in [1.29, 1.82) is 0 Å². The van der Waals surface area contributed by atoms with Gasteiger partial charge in [-0.15, -0.1) is 11.3 Å². The van der Waals surface area contributed by atoms with Gasteiger partial charge in [0.15, 0.2) is 0 Å². The van der Waals surface area contributed by atoms with Gasteiger partial charge >= 0.3 is 5.97 Å². The molecule has 2 atom stereocenters. The quantitative estimate of drug-likeness (QED) is 0.176. The molecular weight excluding hydrogens is 588 g/mol. The van der Waals surface area contributed by atoms with Crippen molar-refractivity contribution in [2.45, 2.75) is 51.4 Å². The van der Waals surface area contributed by atoms with E-state index in [2.05, 4.69) is 15.3 Å². The molecule has 8 nitrogen and oxygen atoms in total. The Morgan fingerprint density at radius 1 is 1.16 bits per heavy atom. The smallest absolute Gasteiger partial charge is 0.329 e. The number of aryl methyl sites for hydroxylation is 1. The maximum atomic E-state index is 14.0. The monoisotopic (exact) mass is 624 g/mol. The Kier molecular flexibility index (Phi) is 11.1. The van der Waals surface area contributed by atoms with E-state index in [9.17, 15) is 14.0 Å². The van der Waals surface area contributed by atoms with E-state index in [1.54, 1.807) is 69.5 Å². The second kappa shape index (κ2) is 14.8. The van der Waals surface area contributed by atoms with Crippen molar-refractivity contribution < 1.29 is 23.5 Å². The molecule has 0 saturated heterocycles. The lowest BCUT2D eigenvalue weighted by atomic mass is 9.95. The number of nitrogens with zero attached hydrogens (tertiary/aromatic N) is 3. The van der Waals surface area contributed by atoms with Crippen molar-refractivity contribution in [2.24, 2.45) is 7.05 Å².